The maximum absolute atomic E-state index is 12.8. The van der Waals surface area contributed by atoms with Crippen LogP contribution in [-0.4, -0.2) is 38.7 Å². The topological polar surface area (TPSA) is 114 Å². The molecule has 0 radical (unpaired) electrons. The van der Waals surface area contributed by atoms with Crippen molar-refractivity contribution in [2.75, 3.05) is 27.7 Å². The molecular weight excluding hydrogens is 418 g/mol. The molecule has 1 aliphatic rings. The van der Waals surface area contributed by atoms with Crippen LogP contribution in [0.4, 0.5) is 17.1 Å². The van der Waals surface area contributed by atoms with Crippen molar-refractivity contribution in [1.29, 1.82) is 0 Å². The lowest BCUT2D eigenvalue weighted by Crippen LogP contribution is -2.27. The first-order chi connectivity index (χ1) is 14.8. The van der Waals surface area contributed by atoms with Gasteiger partial charge >= 0.3 is 0 Å². The van der Waals surface area contributed by atoms with Gasteiger partial charge in [-0.3, -0.25) is 14.3 Å². The van der Waals surface area contributed by atoms with Crippen molar-refractivity contribution in [2.45, 2.75) is 39.2 Å². The van der Waals surface area contributed by atoms with E-state index in [1.807, 2.05) is 0 Å². The highest BCUT2D eigenvalue weighted by Gasteiger charge is 2.23. The number of ether oxygens (including phenoxy) is 1. The van der Waals surface area contributed by atoms with Crippen LogP contribution in [0.5, 0.6) is 0 Å². The summed E-state index contributed by atoms with van der Waals surface area (Å²) in [5.41, 5.74) is 2.39. The molecule has 1 unspecified atom stereocenters. The fourth-order valence-electron chi connectivity index (χ4n) is 3.31. The summed E-state index contributed by atoms with van der Waals surface area (Å²) >= 11 is 0. The van der Waals surface area contributed by atoms with Crippen LogP contribution in [-0.2, 0) is 19.6 Å². The summed E-state index contributed by atoms with van der Waals surface area (Å²) in [6.07, 6.45) is 1.58. The number of sulfonamides is 1. The van der Waals surface area contributed by atoms with E-state index in [-0.39, 0.29) is 17.6 Å². The third-order valence-corrected chi connectivity index (χ3v) is 6.41. The zero-order chi connectivity index (χ0) is 22.4. The van der Waals surface area contributed by atoms with Gasteiger partial charge in [-0.1, -0.05) is 19.1 Å². The highest BCUT2D eigenvalue weighted by atomic mass is 32.2. The number of benzene rings is 2. The lowest BCUT2D eigenvalue weighted by atomic mass is 10.1. The Balaban J connectivity index is 1.71. The van der Waals surface area contributed by atoms with Crippen molar-refractivity contribution in [1.82, 2.24) is 0 Å². The van der Waals surface area contributed by atoms with Crippen LogP contribution in [0.2, 0.25) is 0 Å². The summed E-state index contributed by atoms with van der Waals surface area (Å²) in [7, 11) is -3.44. The van der Waals surface area contributed by atoms with E-state index < -0.39 is 16.1 Å². The molecule has 0 spiro atoms. The van der Waals surface area contributed by atoms with E-state index in [1.165, 1.54) is 0 Å². The zero-order valence-corrected chi connectivity index (χ0v) is 18.4. The third kappa shape index (κ3) is 6.05. The Hall–Kier alpha value is -2.91. The second-order valence-corrected chi connectivity index (χ2v) is 9.27. The molecule has 31 heavy (non-hydrogen) atoms. The number of nitrogens with one attached hydrogen (secondary N) is 3. The summed E-state index contributed by atoms with van der Waals surface area (Å²) in [6.45, 7) is 4.10. The molecule has 1 fully saturated rings. The maximum Gasteiger partial charge on any atom is 0.255 e. The van der Waals surface area contributed by atoms with Crippen molar-refractivity contribution in [3.8, 4) is 0 Å². The first kappa shape index (κ1) is 22.8. The van der Waals surface area contributed by atoms with Gasteiger partial charge in [0.05, 0.1) is 11.4 Å². The SMILES string of the molecule is CCCS(=O)(=O)Nc1cccc(NC(=O)c2cccc(NC(=O)C3CCCO3)c2)c1C. The minimum absolute atomic E-state index is 0.0213. The molecule has 1 atom stereocenters. The second-order valence-electron chi connectivity index (χ2n) is 7.42. The lowest BCUT2D eigenvalue weighted by Gasteiger charge is -2.15. The monoisotopic (exact) mass is 445 g/mol. The van der Waals surface area contributed by atoms with E-state index in [0.29, 0.717) is 47.6 Å². The highest BCUT2D eigenvalue weighted by Crippen LogP contribution is 2.25. The van der Waals surface area contributed by atoms with Crippen LogP contribution in [0.25, 0.3) is 0 Å². The van der Waals surface area contributed by atoms with Gasteiger partial charge in [-0.2, -0.15) is 0 Å². The third-order valence-electron chi connectivity index (χ3n) is 4.93. The van der Waals surface area contributed by atoms with Crippen LogP contribution < -0.4 is 15.4 Å². The number of rotatable bonds is 8. The molecule has 0 saturated carbocycles. The molecule has 1 heterocycles. The van der Waals surface area contributed by atoms with Gasteiger partial charge in [0, 0.05) is 23.5 Å². The Kier molecular flexibility index (Phi) is 7.29. The molecule has 0 aromatic heterocycles. The standard InChI is InChI=1S/C22H27N3O5S/c1-3-13-31(28,29)25-19-10-5-9-18(15(19)2)24-21(26)16-7-4-8-17(14-16)23-22(27)20-11-6-12-30-20/h4-5,7-10,14,20,25H,3,6,11-13H2,1-2H3,(H,23,27)(H,24,26). The van der Waals surface area contributed by atoms with Gasteiger partial charge in [-0.25, -0.2) is 8.42 Å². The Morgan fingerprint density at radius 1 is 1.10 bits per heavy atom. The molecule has 8 nitrogen and oxygen atoms in total. The van der Waals surface area contributed by atoms with Crippen LogP contribution in [0.1, 0.15) is 42.1 Å². The summed E-state index contributed by atoms with van der Waals surface area (Å²) in [6, 6.07) is 11.6. The van der Waals surface area contributed by atoms with Gasteiger partial charge in [0.25, 0.3) is 11.8 Å². The predicted molar refractivity (Wildman–Crippen MR) is 121 cm³/mol. The van der Waals surface area contributed by atoms with Gasteiger partial charge in [-0.05, 0) is 62.1 Å². The van der Waals surface area contributed by atoms with Gasteiger partial charge in [0.15, 0.2) is 0 Å². The molecule has 1 aliphatic heterocycles. The highest BCUT2D eigenvalue weighted by molar-refractivity contribution is 7.92. The molecule has 3 rings (SSSR count). The minimum Gasteiger partial charge on any atom is -0.368 e. The second kappa shape index (κ2) is 9.93. The fourth-order valence-corrected chi connectivity index (χ4v) is 4.50. The molecule has 0 aliphatic carbocycles. The summed E-state index contributed by atoms with van der Waals surface area (Å²) in [5.74, 6) is -0.573. The van der Waals surface area contributed by atoms with Crippen molar-refractivity contribution in [3.05, 3.63) is 53.6 Å². The molecule has 1 saturated heterocycles. The van der Waals surface area contributed by atoms with Crippen LogP contribution in [0.3, 0.4) is 0 Å². The van der Waals surface area contributed by atoms with Gasteiger partial charge in [0.1, 0.15) is 6.10 Å². The number of amides is 2. The van der Waals surface area contributed by atoms with Crippen LogP contribution >= 0.6 is 0 Å². The number of anilines is 3. The van der Waals surface area contributed by atoms with E-state index in [0.717, 1.165) is 6.42 Å². The van der Waals surface area contributed by atoms with Crippen molar-refractivity contribution in [3.63, 3.8) is 0 Å². The van der Waals surface area contributed by atoms with Crippen LogP contribution in [0.15, 0.2) is 42.5 Å². The number of carbonyl (C=O) groups excluding carboxylic acids is 2. The summed E-state index contributed by atoms with van der Waals surface area (Å²) in [4.78, 5) is 25.0. The van der Waals surface area contributed by atoms with E-state index in [1.54, 1.807) is 56.3 Å². The normalized spacial score (nSPS) is 16.0. The molecule has 3 N–H and O–H groups in total. The molecular formula is C22H27N3O5S. The number of hydrogen-bond acceptors (Lipinski definition) is 5. The van der Waals surface area contributed by atoms with E-state index >= 15 is 0 Å². The first-order valence-corrected chi connectivity index (χ1v) is 11.9. The molecule has 2 aromatic rings. The number of carbonyl (C=O) groups is 2. The molecule has 2 amide bonds. The Bertz CT molecular complexity index is 1060. The zero-order valence-electron chi connectivity index (χ0n) is 17.6. The molecule has 2 aromatic carbocycles. The van der Waals surface area contributed by atoms with E-state index in [2.05, 4.69) is 15.4 Å². The maximum atomic E-state index is 12.8. The van der Waals surface area contributed by atoms with Crippen LogP contribution in [0, 0.1) is 6.92 Å². The fraction of sp³-hybridized carbons (Fsp3) is 0.364. The molecule has 9 heteroatoms. The average Bonchev–Trinajstić information content (AvgIpc) is 3.26. The van der Waals surface area contributed by atoms with Gasteiger partial charge < -0.3 is 15.4 Å². The van der Waals surface area contributed by atoms with Crippen molar-refractivity contribution < 1.29 is 22.7 Å². The lowest BCUT2D eigenvalue weighted by molar-refractivity contribution is -0.124. The summed E-state index contributed by atoms with van der Waals surface area (Å²) < 4.78 is 32.1. The number of hydrogen-bond donors (Lipinski definition) is 3. The Morgan fingerprint density at radius 2 is 1.84 bits per heavy atom. The van der Waals surface area contributed by atoms with E-state index in [4.69, 9.17) is 4.74 Å². The smallest absolute Gasteiger partial charge is 0.255 e. The quantitative estimate of drug-likeness (QED) is 0.575. The predicted octanol–water partition coefficient (Wildman–Crippen LogP) is 3.52. The molecule has 166 valence electrons. The van der Waals surface area contributed by atoms with Gasteiger partial charge in [0.2, 0.25) is 10.0 Å². The summed E-state index contributed by atoms with van der Waals surface area (Å²) in [5, 5.41) is 5.59. The molecule has 0 bridgehead atoms. The Morgan fingerprint density at radius 3 is 2.55 bits per heavy atom. The van der Waals surface area contributed by atoms with E-state index in [9.17, 15) is 18.0 Å². The first-order valence-electron chi connectivity index (χ1n) is 10.2. The van der Waals surface area contributed by atoms with Gasteiger partial charge in [-0.15, -0.1) is 0 Å². The minimum atomic E-state index is -3.44. The average molecular weight is 446 g/mol. The van der Waals surface area contributed by atoms with Crippen molar-refractivity contribution >= 4 is 38.9 Å². The largest absolute Gasteiger partial charge is 0.368 e. The van der Waals surface area contributed by atoms with Crippen molar-refractivity contribution in [2.24, 2.45) is 0 Å². The Labute approximate surface area is 182 Å².